The Bertz CT molecular complexity index is 1620. The summed E-state index contributed by atoms with van der Waals surface area (Å²) in [6, 6.07) is 7.18. The van der Waals surface area contributed by atoms with Gasteiger partial charge in [-0.25, -0.2) is 8.78 Å². The van der Waals surface area contributed by atoms with Crippen LogP contribution in [-0.2, 0) is 15.3 Å². The van der Waals surface area contributed by atoms with Crippen molar-refractivity contribution >= 4 is 29.0 Å². The molecular weight excluding hydrogens is 636 g/mol. The van der Waals surface area contributed by atoms with Gasteiger partial charge in [0.05, 0.1) is 24.1 Å². The lowest BCUT2D eigenvalue weighted by Crippen LogP contribution is -2.68. The zero-order valence-corrected chi connectivity index (χ0v) is 28.2. The van der Waals surface area contributed by atoms with Crippen molar-refractivity contribution in [2.75, 3.05) is 18.2 Å². The number of alkyl halides is 2. The molecule has 0 heterocycles. The fourth-order valence-corrected chi connectivity index (χ4v) is 9.12. The molecule has 48 heavy (non-hydrogen) atoms. The van der Waals surface area contributed by atoms with Gasteiger partial charge in [-0.3, -0.25) is 19.9 Å². The molecule has 1 unspecified atom stereocenters. The van der Waals surface area contributed by atoms with Gasteiger partial charge in [-0.1, -0.05) is 37.8 Å². The SMILES string of the molecule is C#C.C=C/C(=C\C=C(/C)O)SCc1ccc(N(O)CC2=C(C(=O)CO)[C@@]3(C)C[C@H](O)[C@@]4(F)[C@@H](C[C@H](F)C5=CC(=O)C=C[C@@]54C)C3C2)cc1. The number of anilines is 1. The minimum Gasteiger partial charge on any atom is -0.513 e. The van der Waals surface area contributed by atoms with Crippen LogP contribution >= 0.6 is 11.8 Å². The van der Waals surface area contributed by atoms with Crippen LogP contribution in [0.3, 0.4) is 0 Å². The molecule has 0 amide bonds. The molecule has 0 bridgehead atoms. The van der Waals surface area contributed by atoms with E-state index >= 15 is 8.78 Å². The van der Waals surface area contributed by atoms with Gasteiger partial charge >= 0.3 is 0 Å². The van der Waals surface area contributed by atoms with Crippen molar-refractivity contribution in [2.45, 2.75) is 63.7 Å². The molecule has 1 aromatic carbocycles. The molecule has 1 aromatic rings. The third-order valence-corrected chi connectivity index (χ3v) is 11.6. The number of ketones is 2. The van der Waals surface area contributed by atoms with E-state index in [1.165, 1.54) is 30.8 Å². The summed E-state index contributed by atoms with van der Waals surface area (Å²) in [5.41, 5.74) is -2.70. The first-order valence-corrected chi connectivity index (χ1v) is 16.7. The Morgan fingerprint density at radius 3 is 2.46 bits per heavy atom. The Balaban J connectivity index is 0.00000255. The number of rotatable bonds is 10. The van der Waals surface area contributed by atoms with E-state index in [0.717, 1.165) is 21.6 Å². The van der Waals surface area contributed by atoms with E-state index in [1.54, 1.807) is 44.2 Å². The summed E-state index contributed by atoms with van der Waals surface area (Å²) in [5.74, 6) is -1.78. The summed E-state index contributed by atoms with van der Waals surface area (Å²) >= 11 is 1.53. The van der Waals surface area contributed by atoms with Crippen LogP contribution in [0.2, 0.25) is 0 Å². The molecule has 4 N–H and O–H groups in total. The number of Topliss-reactive ketones (excluding diaryl/α,β-unsaturated/α-hetero) is 1. The molecule has 5 rings (SSSR count). The second-order valence-corrected chi connectivity index (χ2v) is 14.3. The highest BCUT2D eigenvalue weighted by Gasteiger charge is 2.71. The van der Waals surface area contributed by atoms with Gasteiger partial charge in [-0.15, -0.1) is 24.6 Å². The molecule has 256 valence electrons. The number of hydrogen-bond acceptors (Lipinski definition) is 8. The largest absolute Gasteiger partial charge is 0.513 e. The highest BCUT2D eigenvalue weighted by Crippen LogP contribution is 2.69. The minimum absolute atomic E-state index is 0.0245. The van der Waals surface area contributed by atoms with Crippen molar-refractivity contribution in [3.63, 3.8) is 0 Å². The Kier molecular flexibility index (Phi) is 11.1. The van der Waals surface area contributed by atoms with Crippen molar-refractivity contribution in [1.82, 2.24) is 0 Å². The Morgan fingerprint density at radius 2 is 1.85 bits per heavy atom. The van der Waals surface area contributed by atoms with E-state index < -0.39 is 58.8 Å². The molecule has 7 atom stereocenters. The van der Waals surface area contributed by atoms with Gasteiger partial charge in [0.25, 0.3) is 0 Å². The number of hydrogen-bond donors (Lipinski definition) is 4. The lowest BCUT2D eigenvalue weighted by Gasteiger charge is -2.62. The predicted octanol–water partition coefficient (Wildman–Crippen LogP) is 6.68. The molecule has 7 nitrogen and oxygen atoms in total. The van der Waals surface area contributed by atoms with Gasteiger partial charge in [0, 0.05) is 33.0 Å². The van der Waals surface area contributed by atoms with Crippen LogP contribution in [0, 0.1) is 35.5 Å². The van der Waals surface area contributed by atoms with E-state index in [2.05, 4.69) is 19.4 Å². The molecule has 4 aliphatic rings. The summed E-state index contributed by atoms with van der Waals surface area (Å²) in [4.78, 5) is 26.3. The number of carbonyl (C=O) groups excluding carboxylic acids is 2. The lowest BCUT2D eigenvalue weighted by molar-refractivity contribution is -0.192. The van der Waals surface area contributed by atoms with Gasteiger partial charge in [-0.05, 0) is 92.2 Å². The number of aliphatic hydroxyl groups is 3. The Hall–Kier alpha value is -3.75. The summed E-state index contributed by atoms with van der Waals surface area (Å²) in [5, 5.41) is 43.0. The maximum Gasteiger partial charge on any atom is 0.184 e. The van der Waals surface area contributed by atoms with Crippen molar-refractivity contribution in [3.05, 3.63) is 100 Å². The summed E-state index contributed by atoms with van der Waals surface area (Å²) in [7, 11) is 0. The zero-order valence-electron chi connectivity index (χ0n) is 27.4. The fourth-order valence-electron chi connectivity index (χ4n) is 8.31. The maximum atomic E-state index is 17.5. The molecule has 0 radical (unpaired) electrons. The number of carbonyl (C=O) groups is 2. The molecular formula is C38H43F2NO6S. The number of thioether (sulfide) groups is 1. The van der Waals surface area contributed by atoms with E-state index in [0.29, 0.717) is 17.0 Å². The number of fused-ring (bicyclic) bond motifs is 5. The van der Waals surface area contributed by atoms with Crippen LogP contribution in [0.1, 0.15) is 45.6 Å². The normalized spacial score (nSPS) is 32.7. The van der Waals surface area contributed by atoms with Crippen LogP contribution < -0.4 is 5.06 Å². The standard InChI is InChI=1S/C36H41F2NO6S.C2H2/c1-5-26(11-6-21(2)41)46-20-22-7-9-24(10-8-22)39(45)18-23-14-27-28-16-30(37)29-15-25(42)12-13-35(29,4)36(28,38)32(44)17-34(27,3)33(23)31(43)19-40;1-2/h5-13,15,27-28,30,32,40-41,44-45H,1,14,16-20H2,2-4H3;1-2H/b21-6+,26-11+;/t27?,28-,30-,32-,34-,35-,36-;/m0./s1. The van der Waals surface area contributed by atoms with E-state index in [-0.39, 0.29) is 42.7 Å². The summed E-state index contributed by atoms with van der Waals surface area (Å²) in [6.07, 6.45) is 13.4. The summed E-state index contributed by atoms with van der Waals surface area (Å²) < 4.78 is 33.3. The van der Waals surface area contributed by atoms with Crippen molar-refractivity contribution in [3.8, 4) is 12.8 Å². The van der Waals surface area contributed by atoms with Gasteiger partial charge in [0.15, 0.2) is 17.2 Å². The van der Waals surface area contributed by atoms with Gasteiger partial charge in [-0.2, -0.15) is 0 Å². The van der Waals surface area contributed by atoms with Crippen molar-refractivity contribution < 1.29 is 38.9 Å². The highest BCUT2D eigenvalue weighted by molar-refractivity contribution is 8.02. The van der Waals surface area contributed by atoms with Crippen LogP contribution in [0.25, 0.3) is 0 Å². The number of terminal acetylenes is 1. The first-order valence-electron chi connectivity index (χ1n) is 15.7. The molecule has 0 aliphatic heterocycles. The molecule has 4 aliphatic carbocycles. The zero-order chi connectivity index (χ0) is 35.6. The number of halogens is 2. The first-order chi connectivity index (χ1) is 22.7. The average molecular weight is 680 g/mol. The smallest absolute Gasteiger partial charge is 0.184 e. The van der Waals surface area contributed by atoms with Crippen molar-refractivity contribution in [1.29, 1.82) is 0 Å². The Labute approximate surface area is 285 Å². The quantitative estimate of drug-likeness (QED) is 0.0937. The average Bonchev–Trinajstić information content (AvgIpc) is 3.35. The van der Waals surface area contributed by atoms with Gasteiger partial charge in [0.2, 0.25) is 0 Å². The second-order valence-electron chi connectivity index (χ2n) is 13.2. The number of nitrogens with zero attached hydrogens (tertiary/aromatic N) is 1. The van der Waals surface area contributed by atoms with Gasteiger partial charge < -0.3 is 15.3 Å². The van der Waals surface area contributed by atoms with E-state index in [1.807, 2.05) is 12.1 Å². The first kappa shape index (κ1) is 37.1. The summed E-state index contributed by atoms with van der Waals surface area (Å²) in [6.45, 7) is 7.76. The molecule has 0 aromatic heterocycles. The fraction of sp³-hybridized carbons (Fsp3) is 0.421. The van der Waals surface area contributed by atoms with Crippen LogP contribution in [0.15, 0.2) is 94.7 Å². The number of aliphatic hydroxyl groups excluding tert-OH is 3. The monoisotopic (exact) mass is 679 g/mol. The topological polar surface area (TPSA) is 118 Å². The van der Waals surface area contributed by atoms with Crippen LogP contribution in [0.4, 0.5) is 14.5 Å². The minimum atomic E-state index is -2.30. The van der Waals surface area contributed by atoms with Gasteiger partial charge in [0.1, 0.15) is 12.8 Å². The predicted molar refractivity (Wildman–Crippen MR) is 185 cm³/mol. The molecule has 2 saturated carbocycles. The van der Waals surface area contributed by atoms with Crippen LogP contribution in [-0.4, -0.2) is 63.2 Å². The Morgan fingerprint density at radius 1 is 1.19 bits per heavy atom. The third-order valence-electron chi connectivity index (χ3n) is 10.5. The third kappa shape index (κ3) is 6.37. The lowest BCUT2D eigenvalue weighted by atomic mass is 9.45. The molecule has 10 heteroatoms. The number of allylic oxidation sites excluding steroid dienone is 8. The number of benzene rings is 1. The number of hydroxylamine groups is 1. The second kappa shape index (κ2) is 14.4. The highest BCUT2D eigenvalue weighted by atomic mass is 32.2. The molecule has 2 fully saturated rings. The van der Waals surface area contributed by atoms with E-state index in [9.17, 15) is 30.1 Å². The van der Waals surface area contributed by atoms with Crippen molar-refractivity contribution in [2.24, 2.45) is 22.7 Å². The van der Waals surface area contributed by atoms with E-state index in [4.69, 9.17) is 0 Å². The van der Waals surface area contributed by atoms with Crippen LogP contribution in [0.5, 0.6) is 0 Å². The molecule has 0 spiro atoms. The molecule has 0 saturated heterocycles. The maximum absolute atomic E-state index is 17.5.